The molecule has 0 aliphatic heterocycles. The Balaban J connectivity index is 2.39. The highest BCUT2D eigenvalue weighted by molar-refractivity contribution is 7.92. The van der Waals surface area contributed by atoms with Gasteiger partial charge >= 0.3 is 0 Å². The molecule has 0 amide bonds. The molecule has 0 bridgehead atoms. The Kier molecular flexibility index (Phi) is 2.99. The number of halogens is 1. The van der Waals surface area contributed by atoms with E-state index in [1.807, 2.05) is 0 Å². The molecule has 2 aromatic heterocycles. The van der Waals surface area contributed by atoms with Gasteiger partial charge in [-0.05, 0) is 6.07 Å². The molecule has 0 unspecified atom stereocenters. The molecule has 9 heteroatoms. The van der Waals surface area contributed by atoms with Crippen LogP contribution in [0, 0.1) is 0 Å². The van der Waals surface area contributed by atoms with Crippen molar-refractivity contribution in [2.24, 2.45) is 7.05 Å². The summed E-state index contributed by atoms with van der Waals surface area (Å²) >= 11 is 5.79. The number of aromatic nitrogens is 4. The van der Waals surface area contributed by atoms with E-state index < -0.39 is 10.0 Å². The molecule has 7 nitrogen and oxygen atoms in total. The van der Waals surface area contributed by atoms with E-state index in [2.05, 4.69) is 19.8 Å². The molecular weight excluding hydrogens is 266 g/mol. The van der Waals surface area contributed by atoms with Crippen molar-refractivity contribution in [2.75, 3.05) is 4.72 Å². The van der Waals surface area contributed by atoms with Gasteiger partial charge in [0, 0.05) is 19.4 Å². The maximum absolute atomic E-state index is 12.0. The molecule has 1 N–H and O–H groups in total. The van der Waals surface area contributed by atoms with Crippen molar-refractivity contribution in [3.63, 3.8) is 0 Å². The van der Waals surface area contributed by atoms with E-state index in [1.54, 1.807) is 7.05 Å². The largest absolute Gasteiger partial charge is 0.267 e. The minimum Gasteiger partial charge on any atom is -0.263 e. The van der Waals surface area contributed by atoms with Crippen LogP contribution in [0.5, 0.6) is 0 Å². The number of pyridine rings is 1. The molecule has 17 heavy (non-hydrogen) atoms. The Morgan fingerprint density at radius 2 is 2.24 bits per heavy atom. The lowest BCUT2D eigenvalue weighted by atomic mass is 10.5. The van der Waals surface area contributed by atoms with E-state index in [4.69, 9.17) is 11.6 Å². The lowest BCUT2D eigenvalue weighted by Crippen LogP contribution is -2.16. The van der Waals surface area contributed by atoms with Gasteiger partial charge in [0.25, 0.3) is 10.0 Å². The van der Waals surface area contributed by atoms with Crippen LogP contribution in [0.3, 0.4) is 0 Å². The normalized spacial score (nSPS) is 11.4. The fourth-order valence-corrected chi connectivity index (χ4v) is 2.59. The number of anilines is 1. The molecule has 0 spiro atoms. The Morgan fingerprint density at radius 3 is 2.82 bits per heavy atom. The molecule has 0 fully saturated rings. The number of hydrogen-bond donors (Lipinski definition) is 1. The van der Waals surface area contributed by atoms with Gasteiger partial charge in [-0.25, -0.2) is 17.8 Å². The van der Waals surface area contributed by atoms with Crippen molar-refractivity contribution in [1.29, 1.82) is 0 Å². The summed E-state index contributed by atoms with van der Waals surface area (Å²) < 4.78 is 27.5. The molecule has 0 aromatic carbocycles. The summed E-state index contributed by atoms with van der Waals surface area (Å²) in [7, 11) is -2.24. The van der Waals surface area contributed by atoms with Gasteiger partial charge in [-0.15, -0.1) is 0 Å². The molecule has 0 aliphatic rings. The molecule has 2 rings (SSSR count). The number of sulfonamides is 1. The first kappa shape index (κ1) is 11.8. The van der Waals surface area contributed by atoms with Gasteiger partial charge in [-0.3, -0.25) is 4.98 Å². The van der Waals surface area contributed by atoms with E-state index in [-0.39, 0.29) is 15.9 Å². The van der Waals surface area contributed by atoms with Crippen LogP contribution in [-0.4, -0.2) is 28.2 Å². The first-order chi connectivity index (χ1) is 8.00. The van der Waals surface area contributed by atoms with Crippen molar-refractivity contribution in [1.82, 2.24) is 19.7 Å². The van der Waals surface area contributed by atoms with Crippen LogP contribution in [0.1, 0.15) is 0 Å². The third-order valence-corrected chi connectivity index (χ3v) is 3.76. The Bertz CT molecular complexity index is 639. The van der Waals surface area contributed by atoms with Crippen LogP contribution in [-0.2, 0) is 17.1 Å². The van der Waals surface area contributed by atoms with Crippen molar-refractivity contribution in [2.45, 2.75) is 4.90 Å². The summed E-state index contributed by atoms with van der Waals surface area (Å²) in [6.45, 7) is 0. The molecule has 0 aliphatic carbocycles. The molecule has 0 atom stereocenters. The van der Waals surface area contributed by atoms with E-state index in [0.717, 1.165) is 0 Å². The molecule has 0 saturated carbocycles. The van der Waals surface area contributed by atoms with Gasteiger partial charge < -0.3 is 0 Å². The van der Waals surface area contributed by atoms with Gasteiger partial charge in [0.15, 0.2) is 0 Å². The van der Waals surface area contributed by atoms with E-state index in [9.17, 15) is 8.42 Å². The van der Waals surface area contributed by atoms with Crippen molar-refractivity contribution in [3.05, 3.63) is 29.8 Å². The first-order valence-corrected chi connectivity index (χ1v) is 6.33. The van der Waals surface area contributed by atoms with Crippen LogP contribution in [0.15, 0.2) is 29.7 Å². The zero-order valence-electron chi connectivity index (χ0n) is 8.70. The number of aryl methyl sites for hydroxylation is 1. The molecule has 90 valence electrons. The van der Waals surface area contributed by atoms with Gasteiger partial charge in [0.1, 0.15) is 11.2 Å². The average Bonchev–Trinajstić information content (AvgIpc) is 2.64. The SMILES string of the molecule is Cn1ncnc1NS(=O)(=O)c1cnccc1Cl. The van der Waals surface area contributed by atoms with Gasteiger partial charge in [-0.1, -0.05) is 11.6 Å². The van der Waals surface area contributed by atoms with Crippen LogP contribution in [0.25, 0.3) is 0 Å². The minimum atomic E-state index is -3.80. The number of nitrogens with one attached hydrogen (secondary N) is 1. The van der Waals surface area contributed by atoms with Crippen molar-refractivity contribution >= 4 is 27.6 Å². The van der Waals surface area contributed by atoms with Gasteiger partial charge in [0.2, 0.25) is 5.95 Å². The Hall–Kier alpha value is -1.67. The summed E-state index contributed by atoms with van der Waals surface area (Å²) in [4.78, 5) is 7.36. The third kappa shape index (κ3) is 2.37. The van der Waals surface area contributed by atoms with E-state index >= 15 is 0 Å². The zero-order valence-corrected chi connectivity index (χ0v) is 10.3. The molecular formula is C8H8ClN5O2S. The fraction of sp³-hybridized carbons (Fsp3) is 0.125. The highest BCUT2D eigenvalue weighted by Crippen LogP contribution is 2.21. The predicted molar refractivity (Wildman–Crippen MR) is 61.1 cm³/mol. The lowest BCUT2D eigenvalue weighted by Gasteiger charge is -2.07. The standard InChI is InChI=1S/C8H8ClN5O2S/c1-14-8(11-5-12-14)13-17(15,16)7-4-10-3-2-6(7)9/h2-5H,1H3,(H,11,12,13). The molecule has 2 aromatic rings. The van der Waals surface area contributed by atoms with Crippen LogP contribution >= 0.6 is 11.6 Å². The smallest absolute Gasteiger partial charge is 0.263 e. The summed E-state index contributed by atoms with van der Waals surface area (Å²) in [6, 6.07) is 1.40. The first-order valence-electron chi connectivity index (χ1n) is 4.47. The van der Waals surface area contributed by atoms with Crippen molar-refractivity contribution in [3.8, 4) is 0 Å². The Labute approximate surface area is 103 Å². The van der Waals surface area contributed by atoms with E-state index in [0.29, 0.717) is 0 Å². The molecule has 0 saturated heterocycles. The van der Waals surface area contributed by atoms with Crippen LogP contribution in [0.2, 0.25) is 5.02 Å². The zero-order chi connectivity index (χ0) is 12.5. The molecule has 2 heterocycles. The summed E-state index contributed by atoms with van der Waals surface area (Å²) in [5, 5.41) is 3.84. The maximum atomic E-state index is 12.0. The Morgan fingerprint density at radius 1 is 1.47 bits per heavy atom. The predicted octanol–water partition coefficient (Wildman–Crippen LogP) is 0.664. The second-order valence-corrected chi connectivity index (χ2v) is 5.18. The average molecular weight is 274 g/mol. The highest BCUT2D eigenvalue weighted by Gasteiger charge is 2.19. The highest BCUT2D eigenvalue weighted by atomic mass is 35.5. The summed E-state index contributed by atoms with van der Waals surface area (Å²) in [5.41, 5.74) is 0. The number of hydrogen-bond acceptors (Lipinski definition) is 5. The minimum absolute atomic E-state index is 0.0923. The van der Waals surface area contributed by atoms with Gasteiger partial charge in [0.05, 0.1) is 5.02 Å². The van der Waals surface area contributed by atoms with Crippen LogP contribution < -0.4 is 4.72 Å². The van der Waals surface area contributed by atoms with E-state index in [1.165, 1.54) is 29.5 Å². The maximum Gasteiger partial charge on any atom is 0.267 e. The third-order valence-electron chi connectivity index (χ3n) is 1.96. The fourth-order valence-electron chi connectivity index (χ4n) is 1.12. The second-order valence-electron chi connectivity index (χ2n) is 3.12. The summed E-state index contributed by atoms with van der Waals surface area (Å²) in [6.07, 6.45) is 3.81. The van der Waals surface area contributed by atoms with Crippen molar-refractivity contribution < 1.29 is 8.42 Å². The monoisotopic (exact) mass is 273 g/mol. The van der Waals surface area contributed by atoms with Crippen LogP contribution in [0.4, 0.5) is 5.95 Å². The quantitative estimate of drug-likeness (QED) is 0.887. The lowest BCUT2D eigenvalue weighted by molar-refractivity contribution is 0.599. The second kappa shape index (κ2) is 4.30. The topological polar surface area (TPSA) is 89.8 Å². The number of nitrogens with zero attached hydrogens (tertiary/aromatic N) is 4. The number of rotatable bonds is 3. The molecule has 0 radical (unpaired) electrons. The van der Waals surface area contributed by atoms with Gasteiger partial charge in [-0.2, -0.15) is 10.1 Å². The summed E-state index contributed by atoms with van der Waals surface area (Å²) in [5.74, 6) is 0.102.